The van der Waals surface area contributed by atoms with Gasteiger partial charge in [0.25, 0.3) is 0 Å². The molecule has 0 fully saturated rings. The minimum Gasteiger partial charge on any atom is -0.383 e. The summed E-state index contributed by atoms with van der Waals surface area (Å²) in [7, 11) is 0. The number of hydrogen-bond donors (Lipinski definition) is 2. The molecular weight excluding hydrogens is 204 g/mol. The highest BCUT2D eigenvalue weighted by Crippen LogP contribution is 2.20. The highest BCUT2D eigenvalue weighted by atomic mass is 79.9. The topological polar surface area (TPSA) is 38.0 Å². The van der Waals surface area contributed by atoms with Crippen LogP contribution in [0.2, 0.25) is 0 Å². The largest absolute Gasteiger partial charge is 0.383 e. The number of nitrogens with two attached hydrogens (primary N) is 1. The van der Waals surface area contributed by atoms with E-state index in [4.69, 9.17) is 5.73 Å². The van der Waals surface area contributed by atoms with E-state index >= 15 is 0 Å². The van der Waals surface area contributed by atoms with Crippen molar-refractivity contribution in [1.29, 1.82) is 0 Å². The number of hydrogen-bond acceptors (Lipinski definition) is 2. The van der Waals surface area contributed by atoms with Crippen LogP contribution in [-0.2, 0) is 0 Å². The summed E-state index contributed by atoms with van der Waals surface area (Å²) in [5, 5.41) is 3.19. The van der Waals surface area contributed by atoms with E-state index in [1.54, 1.807) is 0 Å². The normalized spacial score (nSPS) is 9.64. The van der Waals surface area contributed by atoms with Crippen molar-refractivity contribution in [3.63, 3.8) is 0 Å². The Hall–Kier alpha value is -0.540. The van der Waals surface area contributed by atoms with Gasteiger partial charge < -0.3 is 11.1 Å². The highest BCUT2D eigenvalue weighted by Gasteiger charge is 1.93. The molecule has 2 nitrogen and oxygen atoms in total. The van der Waals surface area contributed by atoms with Gasteiger partial charge in [-0.2, -0.15) is 0 Å². The van der Waals surface area contributed by atoms with Gasteiger partial charge in [0.05, 0.1) is 0 Å². The fourth-order valence-electron chi connectivity index (χ4n) is 0.811. The second kappa shape index (κ2) is 4.36. The summed E-state index contributed by atoms with van der Waals surface area (Å²) in [4.78, 5) is 0. The second-order valence-corrected chi connectivity index (χ2v) is 3.05. The van der Waals surface area contributed by atoms with Crippen LogP contribution < -0.4 is 11.1 Å². The van der Waals surface area contributed by atoms with Crippen molar-refractivity contribution in [1.82, 2.24) is 0 Å². The van der Waals surface area contributed by atoms with Crippen molar-refractivity contribution in [2.24, 2.45) is 5.73 Å². The van der Waals surface area contributed by atoms with Gasteiger partial charge in [-0.3, -0.25) is 0 Å². The number of nitrogens with one attached hydrogen (secondary N) is 1. The van der Waals surface area contributed by atoms with Crippen LogP contribution >= 0.6 is 15.9 Å². The van der Waals surface area contributed by atoms with Crippen LogP contribution in [0.15, 0.2) is 28.7 Å². The molecule has 0 unspecified atom stereocenters. The Morgan fingerprint density at radius 2 is 2.09 bits per heavy atom. The fourth-order valence-corrected chi connectivity index (χ4v) is 1.24. The third kappa shape index (κ3) is 2.52. The minimum atomic E-state index is 0.654. The Bertz CT molecular complexity index is 225. The molecule has 0 atom stereocenters. The predicted octanol–water partition coefficient (Wildman–Crippen LogP) is 1.82. The van der Waals surface area contributed by atoms with E-state index < -0.39 is 0 Å². The van der Waals surface area contributed by atoms with Crippen molar-refractivity contribution in [3.8, 4) is 0 Å². The first-order valence-electron chi connectivity index (χ1n) is 3.53. The van der Waals surface area contributed by atoms with E-state index in [2.05, 4.69) is 21.2 Å². The molecule has 0 aliphatic rings. The van der Waals surface area contributed by atoms with E-state index in [1.165, 1.54) is 0 Å². The molecule has 0 bridgehead atoms. The molecule has 1 aromatic carbocycles. The van der Waals surface area contributed by atoms with E-state index in [9.17, 15) is 0 Å². The number of anilines is 1. The molecule has 0 aliphatic carbocycles. The van der Waals surface area contributed by atoms with Crippen molar-refractivity contribution >= 4 is 21.6 Å². The third-order valence-corrected chi connectivity index (χ3v) is 2.03. The van der Waals surface area contributed by atoms with Crippen molar-refractivity contribution in [3.05, 3.63) is 28.7 Å². The first-order chi connectivity index (χ1) is 5.34. The maximum absolute atomic E-state index is 5.35. The lowest BCUT2D eigenvalue weighted by Crippen LogP contribution is -2.13. The Kier molecular flexibility index (Phi) is 3.39. The molecule has 3 N–H and O–H groups in total. The molecule has 0 spiro atoms. The van der Waals surface area contributed by atoms with E-state index in [0.717, 1.165) is 16.7 Å². The number of rotatable bonds is 3. The molecule has 0 saturated heterocycles. The average molecular weight is 215 g/mol. The quantitative estimate of drug-likeness (QED) is 0.806. The summed E-state index contributed by atoms with van der Waals surface area (Å²) in [5.41, 5.74) is 6.44. The standard InChI is InChI=1S/C8H11BrN2/c9-7-3-1-2-4-8(7)11-6-5-10/h1-4,11H,5-6,10H2. The zero-order valence-electron chi connectivity index (χ0n) is 6.18. The van der Waals surface area contributed by atoms with Gasteiger partial charge >= 0.3 is 0 Å². The summed E-state index contributed by atoms with van der Waals surface area (Å²) >= 11 is 3.42. The van der Waals surface area contributed by atoms with Crippen molar-refractivity contribution < 1.29 is 0 Å². The van der Waals surface area contributed by atoms with E-state index in [0.29, 0.717) is 6.54 Å². The average Bonchev–Trinajstić information content (AvgIpc) is 2.03. The van der Waals surface area contributed by atoms with Gasteiger partial charge in [-0.25, -0.2) is 0 Å². The van der Waals surface area contributed by atoms with Crippen LogP contribution in [0.3, 0.4) is 0 Å². The number of benzene rings is 1. The molecule has 0 aliphatic heterocycles. The van der Waals surface area contributed by atoms with Gasteiger partial charge in [0.1, 0.15) is 0 Å². The molecule has 60 valence electrons. The molecule has 0 heterocycles. The van der Waals surface area contributed by atoms with Gasteiger partial charge in [-0.05, 0) is 28.1 Å². The van der Waals surface area contributed by atoms with Gasteiger partial charge in [-0.15, -0.1) is 0 Å². The Morgan fingerprint density at radius 3 is 2.73 bits per heavy atom. The van der Waals surface area contributed by atoms with Gasteiger partial charge in [0.2, 0.25) is 0 Å². The van der Waals surface area contributed by atoms with Crippen LogP contribution in [0, 0.1) is 0 Å². The fraction of sp³-hybridized carbons (Fsp3) is 0.250. The molecule has 1 rings (SSSR count). The molecule has 11 heavy (non-hydrogen) atoms. The second-order valence-electron chi connectivity index (χ2n) is 2.20. The van der Waals surface area contributed by atoms with Gasteiger partial charge in [0.15, 0.2) is 0 Å². The van der Waals surface area contributed by atoms with Crippen LogP contribution in [0.1, 0.15) is 0 Å². The summed E-state index contributed by atoms with van der Waals surface area (Å²) < 4.78 is 1.08. The number of halogens is 1. The van der Waals surface area contributed by atoms with Gasteiger partial charge in [-0.1, -0.05) is 12.1 Å². The van der Waals surface area contributed by atoms with E-state index in [-0.39, 0.29) is 0 Å². The molecule has 0 aromatic heterocycles. The maximum Gasteiger partial charge on any atom is 0.0485 e. The molecular formula is C8H11BrN2. The van der Waals surface area contributed by atoms with E-state index in [1.807, 2.05) is 24.3 Å². The molecule has 0 amide bonds. The highest BCUT2D eigenvalue weighted by molar-refractivity contribution is 9.10. The molecule has 0 radical (unpaired) electrons. The Balaban J connectivity index is 2.62. The summed E-state index contributed by atoms with van der Waals surface area (Å²) in [6, 6.07) is 7.99. The minimum absolute atomic E-state index is 0.654. The lowest BCUT2D eigenvalue weighted by Gasteiger charge is -2.05. The lowest BCUT2D eigenvalue weighted by atomic mass is 10.3. The summed E-state index contributed by atoms with van der Waals surface area (Å²) in [6.45, 7) is 1.46. The Morgan fingerprint density at radius 1 is 1.36 bits per heavy atom. The SMILES string of the molecule is NCCNc1ccccc1Br. The number of para-hydroxylation sites is 1. The zero-order valence-corrected chi connectivity index (χ0v) is 7.76. The smallest absolute Gasteiger partial charge is 0.0485 e. The van der Waals surface area contributed by atoms with Crippen LogP contribution in [0.5, 0.6) is 0 Å². The monoisotopic (exact) mass is 214 g/mol. The van der Waals surface area contributed by atoms with Crippen molar-refractivity contribution in [2.75, 3.05) is 18.4 Å². The maximum atomic E-state index is 5.35. The van der Waals surface area contributed by atoms with Crippen LogP contribution in [0.4, 0.5) is 5.69 Å². The summed E-state index contributed by atoms with van der Waals surface area (Å²) in [5.74, 6) is 0. The molecule has 3 heteroatoms. The zero-order chi connectivity index (χ0) is 8.10. The molecule has 0 saturated carbocycles. The first kappa shape index (κ1) is 8.56. The van der Waals surface area contributed by atoms with Gasteiger partial charge in [0, 0.05) is 23.2 Å². The van der Waals surface area contributed by atoms with Crippen LogP contribution in [0.25, 0.3) is 0 Å². The summed E-state index contributed by atoms with van der Waals surface area (Å²) in [6.07, 6.45) is 0. The lowest BCUT2D eigenvalue weighted by molar-refractivity contribution is 1.02. The predicted molar refractivity (Wildman–Crippen MR) is 51.7 cm³/mol. The third-order valence-electron chi connectivity index (χ3n) is 1.33. The van der Waals surface area contributed by atoms with Crippen molar-refractivity contribution in [2.45, 2.75) is 0 Å². The Labute approximate surface area is 74.9 Å². The van der Waals surface area contributed by atoms with Crippen LogP contribution in [-0.4, -0.2) is 13.1 Å². The molecule has 1 aromatic rings. The first-order valence-corrected chi connectivity index (χ1v) is 4.32.